The van der Waals surface area contributed by atoms with Crippen molar-refractivity contribution in [2.24, 2.45) is 5.92 Å². The number of nitrogens with zero attached hydrogens (tertiary/aromatic N) is 2. The monoisotopic (exact) mass is 458 g/mol. The quantitative estimate of drug-likeness (QED) is 0.455. The summed E-state index contributed by atoms with van der Waals surface area (Å²) in [5.74, 6) is -1.11. The van der Waals surface area contributed by atoms with Crippen molar-refractivity contribution >= 4 is 46.4 Å². The molecule has 0 aromatic heterocycles. The molecule has 3 rings (SSSR count). The van der Waals surface area contributed by atoms with E-state index in [1.165, 1.54) is 30.3 Å². The predicted molar refractivity (Wildman–Crippen MR) is 121 cm³/mol. The van der Waals surface area contributed by atoms with E-state index in [1.54, 1.807) is 17.0 Å². The van der Waals surface area contributed by atoms with Gasteiger partial charge in [0.2, 0.25) is 11.8 Å². The zero-order valence-corrected chi connectivity index (χ0v) is 18.2. The Kier molecular flexibility index (Phi) is 7.42. The first-order valence-corrected chi connectivity index (χ1v) is 10.6. The van der Waals surface area contributed by atoms with Gasteiger partial charge in [0, 0.05) is 42.5 Å². The number of rotatable bonds is 8. The van der Waals surface area contributed by atoms with E-state index in [4.69, 9.17) is 11.6 Å². The highest BCUT2D eigenvalue weighted by Gasteiger charge is 2.33. The van der Waals surface area contributed by atoms with Crippen LogP contribution in [0.1, 0.15) is 36.5 Å². The van der Waals surface area contributed by atoms with Gasteiger partial charge in [0.15, 0.2) is 0 Å². The van der Waals surface area contributed by atoms with Crippen molar-refractivity contribution < 1.29 is 19.3 Å². The van der Waals surface area contributed by atoms with E-state index >= 15 is 0 Å². The van der Waals surface area contributed by atoms with Gasteiger partial charge in [-0.25, -0.2) is 0 Å². The van der Waals surface area contributed by atoms with E-state index in [-0.39, 0.29) is 34.6 Å². The Labute approximate surface area is 189 Å². The second-order valence-corrected chi connectivity index (χ2v) is 7.95. The molecule has 1 unspecified atom stereocenters. The summed E-state index contributed by atoms with van der Waals surface area (Å²) in [6, 6.07) is 10.2. The second-order valence-electron chi connectivity index (χ2n) is 7.54. The van der Waals surface area contributed by atoms with Crippen molar-refractivity contribution in [3.63, 3.8) is 0 Å². The SMILES string of the molecule is CCCCN1CC(C(=O)Nc2ccc(C(=O)Nc3ccc(Cl)c([N+](=O)[O-])c3)cc2)CC1=O. The molecule has 0 radical (unpaired) electrons. The Hall–Kier alpha value is -3.46. The third kappa shape index (κ3) is 5.61. The van der Waals surface area contributed by atoms with Gasteiger partial charge in [-0.15, -0.1) is 0 Å². The van der Waals surface area contributed by atoms with E-state index < -0.39 is 16.7 Å². The molecule has 1 atom stereocenters. The lowest BCUT2D eigenvalue weighted by molar-refractivity contribution is -0.384. The van der Waals surface area contributed by atoms with Gasteiger partial charge in [-0.3, -0.25) is 24.5 Å². The molecule has 2 aromatic carbocycles. The van der Waals surface area contributed by atoms with Gasteiger partial charge >= 0.3 is 0 Å². The molecule has 0 saturated carbocycles. The standard InChI is InChI=1S/C22H23ClN4O5/c1-2-3-10-26-13-15(11-20(26)28)22(30)24-16-6-4-14(5-7-16)21(29)25-17-8-9-18(23)19(12-17)27(31)32/h4-9,12,15H,2-3,10-11,13H2,1H3,(H,24,30)(H,25,29). The summed E-state index contributed by atoms with van der Waals surface area (Å²) in [6.45, 7) is 3.13. The van der Waals surface area contributed by atoms with Crippen LogP contribution in [0.15, 0.2) is 42.5 Å². The van der Waals surface area contributed by atoms with Gasteiger partial charge in [-0.1, -0.05) is 24.9 Å². The lowest BCUT2D eigenvalue weighted by Gasteiger charge is -2.16. The fourth-order valence-electron chi connectivity index (χ4n) is 3.40. The van der Waals surface area contributed by atoms with Gasteiger partial charge in [0.05, 0.1) is 10.8 Å². The minimum atomic E-state index is -0.629. The molecule has 0 spiro atoms. The van der Waals surface area contributed by atoms with Gasteiger partial charge in [0.25, 0.3) is 11.6 Å². The van der Waals surface area contributed by atoms with Crippen molar-refractivity contribution in [3.05, 3.63) is 63.2 Å². The van der Waals surface area contributed by atoms with Crippen molar-refractivity contribution in [3.8, 4) is 0 Å². The highest BCUT2D eigenvalue weighted by molar-refractivity contribution is 6.32. The number of carbonyl (C=O) groups is 3. The Bertz CT molecular complexity index is 1040. The maximum Gasteiger partial charge on any atom is 0.289 e. The predicted octanol–water partition coefficient (Wildman–Crippen LogP) is 4.09. The molecule has 2 aromatic rings. The molecule has 168 valence electrons. The minimum absolute atomic E-state index is 0.00643. The fourth-order valence-corrected chi connectivity index (χ4v) is 3.58. The van der Waals surface area contributed by atoms with E-state index in [0.29, 0.717) is 24.3 Å². The summed E-state index contributed by atoms with van der Waals surface area (Å²) in [5.41, 5.74) is 0.749. The largest absolute Gasteiger partial charge is 0.342 e. The molecule has 32 heavy (non-hydrogen) atoms. The number of nitro groups is 1. The number of likely N-dealkylation sites (tertiary alicyclic amines) is 1. The molecule has 9 nitrogen and oxygen atoms in total. The number of nitro benzene ring substituents is 1. The van der Waals surface area contributed by atoms with Crippen LogP contribution < -0.4 is 10.6 Å². The van der Waals surface area contributed by atoms with E-state index in [9.17, 15) is 24.5 Å². The summed E-state index contributed by atoms with van der Waals surface area (Å²) in [6.07, 6.45) is 2.09. The van der Waals surface area contributed by atoms with Gasteiger partial charge in [-0.05, 0) is 42.8 Å². The number of hydrogen-bond donors (Lipinski definition) is 2. The van der Waals surface area contributed by atoms with Gasteiger partial charge < -0.3 is 15.5 Å². The number of halogens is 1. The van der Waals surface area contributed by atoms with Crippen molar-refractivity contribution in [2.45, 2.75) is 26.2 Å². The molecule has 1 aliphatic rings. The number of unbranched alkanes of at least 4 members (excludes halogenated alkanes) is 1. The smallest absolute Gasteiger partial charge is 0.289 e. The summed E-state index contributed by atoms with van der Waals surface area (Å²) in [7, 11) is 0. The van der Waals surface area contributed by atoms with Crippen LogP contribution in [0.3, 0.4) is 0 Å². The Morgan fingerprint density at radius 1 is 1.16 bits per heavy atom. The Morgan fingerprint density at radius 2 is 1.84 bits per heavy atom. The number of anilines is 2. The van der Waals surface area contributed by atoms with Crippen molar-refractivity contribution in [1.82, 2.24) is 4.90 Å². The van der Waals surface area contributed by atoms with Gasteiger partial charge in [0.1, 0.15) is 5.02 Å². The minimum Gasteiger partial charge on any atom is -0.342 e. The summed E-state index contributed by atoms with van der Waals surface area (Å²) in [4.78, 5) is 49.1. The fraction of sp³-hybridized carbons (Fsp3) is 0.318. The lowest BCUT2D eigenvalue weighted by atomic mass is 10.1. The van der Waals surface area contributed by atoms with Crippen LogP contribution in [0.4, 0.5) is 17.1 Å². The summed E-state index contributed by atoms with van der Waals surface area (Å²) < 4.78 is 0. The third-order valence-corrected chi connectivity index (χ3v) is 5.50. The molecule has 1 aliphatic heterocycles. The molecular formula is C22H23ClN4O5. The average Bonchev–Trinajstić information content (AvgIpc) is 3.14. The van der Waals surface area contributed by atoms with Crippen LogP contribution in [-0.2, 0) is 9.59 Å². The molecule has 1 fully saturated rings. The van der Waals surface area contributed by atoms with Crippen molar-refractivity contribution in [1.29, 1.82) is 0 Å². The van der Waals surface area contributed by atoms with Crippen LogP contribution in [-0.4, -0.2) is 40.6 Å². The summed E-state index contributed by atoms with van der Waals surface area (Å²) in [5, 5.41) is 16.3. The summed E-state index contributed by atoms with van der Waals surface area (Å²) >= 11 is 5.78. The molecule has 0 aliphatic carbocycles. The third-order valence-electron chi connectivity index (χ3n) is 5.18. The first-order chi connectivity index (χ1) is 15.3. The lowest BCUT2D eigenvalue weighted by Crippen LogP contribution is -2.29. The molecule has 3 amide bonds. The topological polar surface area (TPSA) is 122 Å². The average molecular weight is 459 g/mol. The van der Waals surface area contributed by atoms with Crippen LogP contribution >= 0.6 is 11.6 Å². The highest BCUT2D eigenvalue weighted by atomic mass is 35.5. The zero-order valence-electron chi connectivity index (χ0n) is 17.5. The zero-order chi connectivity index (χ0) is 23.3. The molecule has 1 saturated heterocycles. The van der Waals surface area contributed by atoms with Crippen LogP contribution in [0.2, 0.25) is 5.02 Å². The van der Waals surface area contributed by atoms with E-state index in [0.717, 1.165) is 12.8 Å². The number of hydrogen-bond acceptors (Lipinski definition) is 5. The molecule has 0 bridgehead atoms. The first-order valence-electron chi connectivity index (χ1n) is 10.2. The molecule has 1 heterocycles. The van der Waals surface area contributed by atoms with Crippen molar-refractivity contribution in [2.75, 3.05) is 23.7 Å². The number of amides is 3. The molecule has 2 N–H and O–H groups in total. The molecule has 10 heteroatoms. The van der Waals surface area contributed by atoms with Crippen LogP contribution in [0.5, 0.6) is 0 Å². The Balaban J connectivity index is 1.58. The molecular weight excluding hydrogens is 436 g/mol. The number of carbonyl (C=O) groups excluding carboxylic acids is 3. The Morgan fingerprint density at radius 3 is 2.50 bits per heavy atom. The van der Waals surface area contributed by atoms with E-state index in [1.807, 2.05) is 6.92 Å². The first kappa shape index (κ1) is 23.2. The van der Waals surface area contributed by atoms with Crippen LogP contribution in [0, 0.1) is 16.0 Å². The van der Waals surface area contributed by atoms with Gasteiger partial charge in [-0.2, -0.15) is 0 Å². The second kappa shape index (κ2) is 10.2. The maximum absolute atomic E-state index is 12.5. The normalized spacial score (nSPS) is 15.5. The number of benzene rings is 2. The van der Waals surface area contributed by atoms with Crippen LogP contribution in [0.25, 0.3) is 0 Å². The maximum atomic E-state index is 12.5. The highest BCUT2D eigenvalue weighted by Crippen LogP contribution is 2.27. The van der Waals surface area contributed by atoms with E-state index in [2.05, 4.69) is 10.6 Å². The number of nitrogens with one attached hydrogen (secondary N) is 2.